The molecule has 4 nitrogen and oxygen atoms in total. The highest BCUT2D eigenvalue weighted by atomic mass is 16.5. The molecular formula is C13H25N3O. The molecular weight excluding hydrogens is 214 g/mol. The van der Waals surface area contributed by atoms with E-state index in [9.17, 15) is 0 Å². The van der Waals surface area contributed by atoms with Crippen molar-refractivity contribution in [2.24, 2.45) is 0 Å². The molecule has 4 heteroatoms. The molecule has 1 atom stereocenters. The van der Waals surface area contributed by atoms with Crippen LogP contribution in [-0.2, 0) is 11.3 Å². The Morgan fingerprint density at radius 1 is 1.47 bits per heavy atom. The minimum absolute atomic E-state index is 0.121. The molecule has 0 aliphatic heterocycles. The Hall–Kier alpha value is -0.870. The van der Waals surface area contributed by atoms with Crippen LogP contribution in [0, 0.1) is 0 Å². The second-order valence-corrected chi connectivity index (χ2v) is 4.92. The summed E-state index contributed by atoms with van der Waals surface area (Å²) >= 11 is 0. The number of aryl methyl sites for hydroxylation is 1. The third-order valence-electron chi connectivity index (χ3n) is 2.85. The number of aromatic nitrogens is 2. The Morgan fingerprint density at radius 2 is 2.18 bits per heavy atom. The molecule has 0 radical (unpaired) electrons. The predicted octanol–water partition coefficient (Wildman–Crippen LogP) is 2.37. The highest BCUT2D eigenvalue weighted by molar-refractivity contribution is 5.09. The number of hydrogen-bond donors (Lipinski definition) is 1. The van der Waals surface area contributed by atoms with Crippen LogP contribution in [0.2, 0.25) is 0 Å². The molecule has 0 fully saturated rings. The van der Waals surface area contributed by atoms with E-state index in [-0.39, 0.29) is 5.60 Å². The summed E-state index contributed by atoms with van der Waals surface area (Å²) in [7, 11) is 0. The van der Waals surface area contributed by atoms with Gasteiger partial charge in [-0.2, -0.15) is 5.10 Å². The molecule has 1 aromatic heterocycles. The van der Waals surface area contributed by atoms with Gasteiger partial charge < -0.3 is 10.1 Å². The Morgan fingerprint density at radius 3 is 2.71 bits per heavy atom. The Labute approximate surface area is 104 Å². The fourth-order valence-electron chi connectivity index (χ4n) is 1.73. The first-order chi connectivity index (χ1) is 7.98. The standard InChI is InChI=1S/C13H25N3O/c1-6-16-9-12(8-15-16)11(3)14-10-13(4,5)17-7-2/h8-9,11,14H,6-7,10H2,1-5H3. The van der Waals surface area contributed by atoms with Crippen molar-refractivity contribution >= 4 is 0 Å². The monoisotopic (exact) mass is 239 g/mol. The smallest absolute Gasteiger partial charge is 0.0750 e. The quantitative estimate of drug-likeness (QED) is 0.794. The average molecular weight is 239 g/mol. The van der Waals surface area contributed by atoms with E-state index in [1.54, 1.807) is 0 Å². The molecule has 0 aliphatic rings. The molecule has 1 N–H and O–H groups in total. The third kappa shape index (κ3) is 4.48. The van der Waals surface area contributed by atoms with Crippen LogP contribution in [-0.4, -0.2) is 28.5 Å². The molecule has 0 saturated carbocycles. The zero-order valence-electron chi connectivity index (χ0n) is 11.7. The summed E-state index contributed by atoms with van der Waals surface area (Å²) in [5.41, 5.74) is 1.10. The van der Waals surface area contributed by atoms with Gasteiger partial charge in [0.25, 0.3) is 0 Å². The zero-order valence-corrected chi connectivity index (χ0v) is 11.7. The molecule has 1 heterocycles. The van der Waals surface area contributed by atoms with Gasteiger partial charge in [-0.1, -0.05) is 0 Å². The largest absolute Gasteiger partial charge is 0.375 e. The van der Waals surface area contributed by atoms with Gasteiger partial charge in [0.15, 0.2) is 0 Å². The van der Waals surface area contributed by atoms with E-state index < -0.39 is 0 Å². The number of nitrogens with one attached hydrogen (secondary N) is 1. The summed E-state index contributed by atoms with van der Waals surface area (Å²) in [5, 5.41) is 7.77. The molecule has 0 bridgehead atoms. The van der Waals surface area contributed by atoms with Crippen molar-refractivity contribution < 1.29 is 4.74 Å². The molecule has 0 saturated heterocycles. The second kappa shape index (κ2) is 6.17. The van der Waals surface area contributed by atoms with E-state index in [0.29, 0.717) is 6.04 Å². The van der Waals surface area contributed by atoms with E-state index in [4.69, 9.17) is 4.74 Å². The lowest BCUT2D eigenvalue weighted by Crippen LogP contribution is -2.38. The van der Waals surface area contributed by atoms with Crippen molar-refractivity contribution in [3.05, 3.63) is 18.0 Å². The van der Waals surface area contributed by atoms with Gasteiger partial charge in [-0.05, 0) is 34.6 Å². The van der Waals surface area contributed by atoms with Crippen LogP contribution in [0.1, 0.15) is 46.2 Å². The summed E-state index contributed by atoms with van der Waals surface area (Å²) in [6.07, 6.45) is 4.01. The lowest BCUT2D eigenvalue weighted by molar-refractivity contribution is -0.0103. The second-order valence-electron chi connectivity index (χ2n) is 4.92. The fourth-order valence-corrected chi connectivity index (χ4v) is 1.73. The fraction of sp³-hybridized carbons (Fsp3) is 0.769. The predicted molar refractivity (Wildman–Crippen MR) is 70.0 cm³/mol. The Balaban J connectivity index is 2.46. The maximum atomic E-state index is 5.66. The van der Waals surface area contributed by atoms with Gasteiger partial charge in [0, 0.05) is 37.5 Å². The van der Waals surface area contributed by atoms with Gasteiger partial charge in [0.2, 0.25) is 0 Å². The van der Waals surface area contributed by atoms with Crippen molar-refractivity contribution in [1.82, 2.24) is 15.1 Å². The average Bonchev–Trinajstić information content (AvgIpc) is 2.74. The van der Waals surface area contributed by atoms with Gasteiger partial charge in [-0.25, -0.2) is 0 Å². The molecule has 0 aliphatic carbocycles. The van der Waals surface area contributed by atoms with Crippen molar-refractivity contribution in [2.75, 3.05) is 13.2 Å². The third-order valence-corrected chi connectivity index (χ3v) is 2.85. The van der Waals surface area contributed by atoms with Crippen LogP contribution in [0.5, 0.6) is 0 Å². The number of rotatable bonds is 7. The van der Waals surface area contributed by atoms with Gasteiger partial charge in [0.1, 0.15) is 0 Å². The van der Waals surface area contributed by atoms with Crippen LogP contribution < -0.4 is 5.32 Å². The lowest BCUT2D eigenvalue weighted by atomic mass is 10.1. The summed E-state index contributed by atoms with van der Waals surface area (Å²) < 4.78 is 7.60. The molecule has 0 spiro atoms. The molecule has 0 amide bonds. The summed E-state index contributed by atoms with van der Waals surface area (Å²) in [4.78, 5) is 0. The lowest BCUT2D eigenvalue weighted by Gasteiger charge is -2.26. The van der Waals surface area contributed by atoms with Crippen molar-refractivity contribution in [2.45, 2.75) is 52.8 Å². The van der Waals surface area contributed by atoms with Crippen LogP contribution in [0.4, 0.5) is 0 Å². The van der Waals surface area contributed by atoms with E-state index in [2.05, 4.69) is 44.3 Å². The first-order valence-corrected chi connectivity index (χ1v) is 6.38. The highest BCUT2D eigenvalue weighted by Gasteiger charge is 2.19. The van der Waals surface area contributed by atoms with Crippen LogP contribution in [0.25, 0.3) is 0 Å². The van der Waals surface area contributed by atoms with Gasteiger partial charge >= 0.3 is 0 Å². The molecule has 17 heavy (non-hydrogen) atoms. The number of nitrogens with zero attached hydrogens (tertiary/aromatic N) is 2. The van der Waals surface area contributed by atoms with Crippen LogP contribution >= 0.6 is 0 Å². The molecule has 1 unspecified atom stereocenters. The Kier molecular flexibility index (Phi) is 5.15. The van der Waals surface area contributed by atoms with Crippen molar-refractivity contribution in [3.8, 4) is 0 Å². The van der Waals surface area contributed by atoms with E-state index in [1.165, 1.54) is 5.56 Å². The van der Waals surface area contributed by atoms with Crippen LogP contribution in [0.15, 0.2) is 12.4 Å². The highest BCUT2D eigenvalue weighted by Crippen LogP contribution is 2.14. The topological polar surface area (TPSA) is 39.1 Å². The van der Waals surface area contributed by atoms with E-state index >= 15 is 0 Å². The number of hydrogen-bond acceptors (Lipinski definition) is 3. The summed E-state index contributed by atoms with van der Waals surface area (Å²) in [6, 6.07) is 0.301. The first kappa shape index (κ1) is 14.2. The molecule has 1 aromatic rings. The van der Waals surface area contributed by atoms with Gasteiger partial charge in [-0.3, -0.25) is 4.68 Å². The normalized spacial score (nSPS) is 13.9. The van der Waals surface area contributed by atoms with Gasteiger partial charge in [-0.15, -0.1) is 0 Å². The van der Waals surface area contributed by atoms with Crippen LogP contribution in [0.3, 0.4) is 0 Å². The summed E-state index contributed by atoms with van der Waals surface area (Å²) in [6.45, 7) is 13.0. The van der Waals surface area contributed by atoms with E-state index in [1.807, 2.05) is 17.8 Å². The summed E-state index contributed by atoms with van der Waals surface area (Å²) in [5.74, 6) is 0. The minimum Gasteiger partial charge on any atom is -0.375 e. The molecule has 0 aromatic carbocycles. The Bertz CT molecular complexity index is 333. The first-order valence-electron chi connectivity index (χ1n) is 6.38. The van der Waals surface area contributed by atoms with Crippen molar-refractivity contribution in [1.29, 1.82) is 0 Å². The molecule has 1 rings (SSSR count). The van der Waals surface area contributed by atoms with Crippen molar-refractivity contribution in [3.63, 3.8) is 0 Å². The zero-order chi connectivity index (χ0) is 12.9. The molecule has 98 valence electrons. The minimum atomic E-state index is -0.121. The SMILES string of the molecule is CCOC(C)(C)CNC(C)c1cnn(CC)c1. The maximum Gasteiger partial charge on any atom is 0.0750 e. The maximum absolute atomic E-state index is 5.66. The van der Waals surface area contributed by atoms with Gasteiger partial charge in [0.05, 0.1) is 11.8 Å². The van der Waals surface area contributed by atoms with E-state index in [0.717, 1.165) is 19.7 Å². The number of ether oxygens (including phenoxy) is 1.